The Kier molecular flexibility index (Phi) is 5.13. The Morgan fingerprint density at radius 1 is 1.08 bits per heavy atom. The molecule has 8 heteroatoms. The number of hydrogen-bond donors (Lipinski definition) is 1. The molecule has 2 rings (SSSR count). The van der Waals surface area contributed by atoms with Crippen molar-refractivity contribution in [2.24, 2.45) is 0 Å². The zero-order chi connectivity index (χ0) is 19.0. The van der Waals surface area contributed by atoms with Crippen LogP contribution in [0.3, 0.4) is 0 Å². The predicted octanol–water partition coefficient (Wildman–Crippen LogP) is 4.93. The van der Waals surface area contributed by atoms with Gasteiger partial charge < -0.3 is 9.47 Å². The number of amides is 1. The van der Waals surface area contributed by atoms with Crippen molar-refractivity contribution in [1.29, 1.82) is 0 Å². The lowest BCUT2D eigenvalue weighted by Crippen LogP contribution is -2.27. The first kappa shape index (κ1) is 19.2. The summed E-state index contributed by atoms with van der Waals surface area (Å²) in [7, 11) is 0. The number of nitrogens with zero attached hydrogens (tertiary/aromatic N) is 2. The molecule has 1 N–H and O–H groups in total. The first-order chi connectivity index (χ1) is 11.4. The van der Waals surface area contributed by atoms with Gasteiger partial charge in [-0.15, -0.1) is 0 Å². The molecule has 0 radical (unpaired) electrons. The SMILES string of the molecule is CC(C)(C)OC(=O)Nc1cc2cnn(C(=O)OC(C)(C)C)c2cc1Br. The second-order valence-corrected chi connectivity index (χ2v) is 8.41. The van der Waals surface area contributed by atoms with Crippen LogP contribution in [0.1, 0.15) is 41.5 Å². The van der Waals surface area contributed by atoms with Crippen molar-refractivity contribution in [1.82, 2.24) is 9.78 Å². The van der Waals surface area contributed by atoms with E-state index in [4.69, 9.17) is 9.47 Å². The van der Waals surface area contributed by atoms with Crippen molar-refractivity contribution in [2.45, 2.75) is 52.7 Å². The van der Waals surface area contributed by atoms with Crippen molar-refractivity contribution in [3.05, 3.63) is 22.8 Å². The predicted molar refractivity (Wildman–Crippen MR) is 98.9 cm³/mol. The van der Waals surface area contributed by atoms with Crippen LogP contribution in [-0.2, 0) is 9.47 Å². The summed E-state index contributed by atoms with van der Waals surface area (Å²) in [6, 6.07) is 3.40. The van der Waals surface area contributed by atoms with Crippen molar-refractivity contribution in [3.63, 3.8) is 0 Å². The lowest BCUT2D eigenvalue weighted by Gasteiger charge is -2.20. The number of fused-ring (bicyclic) bond motifs is 1. The van der Waals surface area contributed by atoms with E-state index in [0.717, 1.165) is 0 Å². The summed E-state index contributed by atoms with van der Waals surface area (Å²) in [5.74, 6) is 0. The minimum Gasteiger partial charge on any atom is -0.444 e. The summed E-state index contributed by atoms with van der Waals surface area (Å²) in [5, 5.41) is 7.43. The van der Waals surface area contributed by atoms with Gasteiger partial charge in [0.1, 0.15) is 11.2 Å². The Bertz CT molecular complexity index is 816. The van der Waals surface area contributed by atoms with Gasteiger partial charge in [0.05, 0.1) is 17.4 Å². The lowest BCUT2D eigenvalue weighted by atomic mass is 10.2. The standard InChI is InChI=1S/C17H22BrN3O4/c1-16(2,3)24-14(22)20-12-7-10-9-19-21(13(10)8-11(12)18)15(23)25-17(4,5)6/h7-9H,1-6H3,(H,20,22). The molecule has 7 nitrogen and oxygen atoms in total. The summed E-state index contributed by atoms with van der Waals surface area (Å²) >= 11 is 3.39. The molecule has 1 heterocycles. The Labute approximate surface area is 154 Å². The van der Waals surface area contributed by atoms with Gasteiger partial charge in [0.15, 0.2) is 0 Å². The van der Waals surface area contributed by atoms with E-state index in [9.17, 15) is 9.59 Å². The molecule has 0 aliphatic rings. The van der Waals surface area contributed by atoms with Gasteiger partial charge in [-0.1, -0.05) is 0 Å². The lowest BCUT2D eigenvalue weighted by molar-refractivity contribution is 0.0521. The van der Waals surface area contributed by atoms with E-state index in [1.54, 1.807) is 53.7 Å². The highest BCUT2D eigenvalue weighted by atomic mass is 79.9. The third kappa shape index (κ3) is 5.19. The summed E-state index contributed by atoms with van der Waals surface area (Å²) in [6.07, 6.45) is 0.403. The number of benzene rings is 1. The number of aromatic nitrogens is 2. The zero-order valence-electron chi connectivity index (χ0n) is 15.1. The van der Waals surface area contributed by atoms with E-state index >= 15 is 0 Å². The minimum absolute atomic E-state index is 0.519. The van der Waals surface area contributed by atoms with E-state index in [1.807, 2.05) is 0 Å². The van der Waals surface area contributed by atoms with Crippen LogP contribution in [0, 0.1) is 0 Å². The van der Waals surface area contributed by atoms with Crippen LogP contribution in [0.5, 0.6) is 0 Å². The number of ether oxygens (including phenoxy) is 2. The van der Waals surface area contributed by atoms with E-state index in [-0.39, 0.29) is 0 Å². The normalized spacial score (nSPS) is 12.1. The highest BCUT2D eigenvalue weighted by Crippen LogP contribution is 2.29. The number of nitrogens with one attached hydrogen (secondary N) is 1. The molecule has 25 heavy (non-hydrogen) atoms. The van der Waals surface area contributed by atoms with Crippen LogP contribution in [0.4, 0.5) is 15.3 Å². The minimum atomic E-state index is -0.620. The highest BCUT2D eigenvalue weighted by molar-refractivity contribution is 9.10. The second kappa shape index (κ2) is 6.67. The second-order valence-electron chi connectivity index (χ2n) is 7.55. The van der Waals surface area contributed by atoms with Crippen LogP contribution in [-0.4, -0.2) is 33.2 Å². The topological polar surface area (TPSA) is 82.5 Å². The average Bonchev–Trinajstić information content (AvgIpc) is 2.77. The summed E-state index contributed by atoms with van der Waals surface area (Å²) in [4.78, 5) is 24.2. The fraction of sp³-hybridized carbons (Fsp3) is 0.471. The molecule has 0 atom stereocenters. The van der Waals surface area contributed by atoms with Crippen molar-refractivity contribution in [2.75, 3.05) is 5.32 Å². The number of anilines is 1. The summed E-state index contributed by atoms with van der Waals surface area (Å²) in [5.41, 5.74) is -0.131. The largest absolute Gasteiger partial charge is 0.444 e. The monoisotopic (exact) mass is 411 g/mol. The smallest absolute Gasteiger partial charge is 0.435 e. The summed E-state index contributed by atoms with van der Waals surface area (Å²) < 4.78 is 12.4. The third-order valence-corrected chi connectivity index (χ3v) is 3.51. The van der Waals surface area contributed by atoms with E-state index < -0.39 is 23.4 Å². The Balaban J connectivity index is 2.29. The molecule has 0 fully saturated rings. The maximum atomic E-state index is 12.2. The number of hydrogen-bond acceptors (Lipinski definition) is 5. The van der Waals surface area contributed by atoms with Crippen LogP contribution in [0.25, 0.3) is 10.9 Å². The number of rotatable bonds is 1. The average molecular weight is 412 g/mol. The zero-order valence-corrected chi connectivity index (χ0v) is 16.7. The molecule has 0 aliphatic heterocycles. The van der Waals surface area contributed by atoms with Crippen LogP contribution < -0.4 is 5.32 Å². The van der Waals surface area contributed by atoms with Gasteiger partial charge in [0.2, 0.25) is 0 Å². The van der Waals surface area contributed by atoms with Gasteiger partial charge in [-0.05, 0) is 69.6 Å². The van der Waals surface area contributed by atoms with Gasteiger partial charge in [0, 0.05) is 9.86 Å². The van der Waals surface area contributed by atoms with Crippen molar-refractivity contribution < 1.29 is 19.1 Å². The molecule has 1 aromatic carbocycles. The molecular weight excluding hydrogens is 390 g/mol. The molecule has 0 saturated carbocycles. The van der Waals surface area contributed by atoms with E-state index in [1.165, 1.54) is 10.9 Å². The Hall–Kier alpha value is -2.09. The first-order valence-electron chi connectivity index (χ1n) is 7.76. The highest BCUT2D eigenvalue weighted by Gasteiger charge is 2.21. The number of carbonyl (C=O) groups is 2. The third-order valence-electron chi connectivity index (χ3n) is 2.86. The maximum Gasteiger partial charge on any atom is 0.435 e. The Morgan fingerprint density at radius 2 is 1.68 bits per heavy atom. The molecular formula is C17H22BrN3O4. The van der Waals surface area contributed by atoms with Crippen molar-refractivity contribution in [3.8, 4) is 0 Å². The number of carbonyl (C=O) groups excluding carboxylic acids is 2. The van der Waals surface area contributed by atoms with Gasteiger partial charge in [-0.2, -0.15) is 9.78 Å². The molecule has 1 aromatic heterocycles. The van der Waals surface area contributed by atoms with Crippen LogP contribution in [0.2, 0.25) is 0 Å². The van der Waals surface area contributed by atoms with Gasteiger partial charge in [0.25, 0.3) is 0 Å². The molecule has 0 saturated heterocycles. The van der Waals surface area contributed by atoms with E-state index in [0.29, 0.717) is 21.1 Å². The van der Waals surface area contributed by atoms with Crippen molar-refractivity contribution >= 4 is 44.7 Å². The molecule has 0 aliphatic carbocycles. The van der Waals surface area contributed by atoms with Crippen LogP contribution >= 0.6 is 15.9 Å². The van der Waals surface area contributed by atoms with Gasteiger partial charge in [-0.3, -0.25) is 5.32 Å². The van der Waals surface area contributed by atoms with Gasteiger partial charge >= 0.3 is 12.2 Å². The van der Waals surface area contributed by atoms with Gasteiger partial charge in [-0.25, -0.2) is 9.59 Å². The first-order valence-corrected chi connectivity index (χ1v) is 8.56. The fourth-order valence-electron chi connectivity index (χ4n) is 2.01. The molecule has 0 unspecified atom stereocenters. The molecule has 0 spiro atoms. The molecule has 0 bridgehead atoms. The fourth-order valence-corrected chi connectivity index (χ4v) is 2.44. The quantitative estimate of drug-likeness (QED) is 0.718. The molecule has 2 aromatic rings. The molecule has 136 valence electrons. The Morgan fingerprint density at radius 3 is 2.24 bits per heavy atom. The maximum absolute atomic E-state index is 12.2. The summed E-state index contributed by atoms with van der Waals surface area (Å²) in [6.45, 7) is 10.7. The van der Waals surface area contributed by atoms with E-state index in [2.05, 4.69) is 26.3 Å². The number of halogens is 1. The molecule has 1 amide bonds. The van der Waals surface area contributed by atoms with Crippen LogP contribution in [0.15, 0.2) is 22.8 Å².